The minimum Gasteiger partial charge on any atom is -0.308 e. The Hall–Kier alpha value is -0.940. The van der Waals surface area contributed by atoms with Gasteiger partial charge in [0, 0.05) is 11.0 Å². The van der Waals surface area contributed by atoms with Crippen LogP contribution in [0, 0.1) is 5.82 Å². The monoisotopic (exact) mass is 300 g/mol. The highest BCUT2D eigenvalue weighted by atomic mass is 79.9. The molecule has 1 aromatic carbocycles. The van der Waals surface area contributed by atoms with Crippen molar-refractivity contribution >= 4 is 27.5 Å². The quantitative estimate of drug-likeness (QED) is 0.929. The largest absolute Gasteiger partial charge is 0.308 e. The molecule has 1 heterocycles. The molecule has 92 valence electrons. The van der Waals surface area contributed by atoms with Crippen LogP contribution in [0.2, 0.25) is 0 Å². The Bertz CT molecular complexity index is 439. The van der Waals surface area contributed by atoms with Crippen LogP contribution in [0.25, 0.3) is 0 Å². The van der Waals surface area contributed by atoms with E-state index < -0.39 is 0 Å². The zero-order valence-electron chi connectivity index (χ0n) is 9.54. The molecule has 0 aliphatic carbocycles. The van der Waals surface area contributed by atoms with Gasteiger partial charge in [-0.2, -0.15) is 0 Å². The van der Waals surface area contributed by atoms with Crippen LogP contribution in [0.5, 0.6) is 0 Å². The van der Waals surface area contributed by atoms with Crippen molar-refractivity contribution in [3.63, 3.8) is 0 Å². The highest BCUT2D eigenvalue weighted by Gasteiger charge is 2.32. The van der Waals surface area contributed by atoms with E-state index in [0.717, 1.165) is 13.0 Å². The fourth-order valence-electron chi connectivity index (χ4n) is 2.06. The number of hydrogen-bond donors (Lipinski definition) is 1. The van der Waals surface area contributed by atoms with Gasteiger partial charge in [-0.05, 0) is 31.2 Å². The molecule has 0 saturated carbocycles. The zero-order valence-corrected chi connectivity index (χ0v) is 11.1. The maximum absolute atomic E-state index is 13.7. The Balaban J connectivity index is 2.21. The first kappa shape index (κ1) is 12.5. The van der Waals surface area contributed by atoms with Crippen molar-refractivity contribution in [2.75, 3.05) is 18.0 Å². The van der Waals surface area contributed by atoms with E-state index in [4.69, 9.17) is 0 Å². The third kappa shape index (κ3) is 2.50. The van der Waals surface area contributed by atoms with Crippen LogP contribution in [-0.4, -0.2) is 25.0 Å². The van der Waals surface area contributed by atoms with Gasteiger partial charge in [0.15, 0.2) is 0 Å². The molecule has 1 amide bonds. The van der Waals surface area contributed by atoms with Gasteiger partial charge in [-0.1, -0.05) is 22.9 Å². The minimum atomic E-state index is -0.370. The van der Waals surface area contributed by atoms with Crippen molar-refractivity contribution in [2.24, 2.45) is 0 Å². The maximum atomic E-state index is 13.7. The van der Waals surface area contributed by atoms with E-state index in [1.807, 2.05) is 6.92 Å². The van der Waals surface area contributed by atoms with Gasteiger partial charge < -0.3 is 10.2 Å². The SMILES string of the molecule is CCNC1CCN(c2ccc(Br)cc2F)C1=O. The number of hydrogen-bond acceptors (Lipinski definition) is 2. The van der Waals surface area contributed by atoms with E-state index in [1.165, 1.54) is 11.0 Å². The van der Waals surface area contributed by atoms with E-state index in [-0.39, 0.29) is 17.8 Å². The fourth-order valence-corrected chi connectivity index (χ4v) is 2.39. The van der Waals surface area contributed by atoms with E-state index in [2.05, 4.69) is 21.2 Å². The van der Waals surface area contributed by atoms with Gasteiger partial charge in [-0.15, -0.1) is 0 Å². The summed E-state index contributed by atoms with van der Waals surface area (Å²) in [5.74, 6) is -0.419. The normalized spacial score (nSPS) is 20.1. The third-order valence-electron chi connectivity index (χ3n) is 2.86. The number of anilines is 1. The molecular weight excluding hydrogens is 287 g/mol. The Morgan fingerprint density at radius 3 is 3.00 bits per heavy atom. The van der Waals surface area contributed by atoms with Crippen molar-refractivity contribution in [1.29, 1.82) is 0 Å². The van der Waals surface area contributed by atoms with Gasteiger partial charge in [-0.25, -0.2) is 4.39 Å². The molecule has 5 heteroatoms. The number of likely N-dealkylation sites (N-methyl/N-ethyl adjacent to an activating group) is 1. The molecule has 17 heavy (non-hydrogen) atoms. The second-order valence-corrected chi connectivity index (χ2v) is 4.90. The molecule has 3 nitrogen and oxygen atoms in total. The van der Waals surface area contributed by atoms with Crippen LogP contribution in [0.4, 0.5) is 10.1 Å². The number of nitrogens with one attached hydrogen (secondary N) is 1. The lowest BCUT2D eigenvalue weighted by atomic mass is 10.2. The van der Waals surface area contributed by atoms with Gasteiger partial charge >= 0.3 is 0 Å². The molecule has 1 saturated heterocycles. The molecule has 0 spiro atoms. The summed E-state index contributed by atoms with van der Waals surface area (Å²) in [4.78, 5) is 13.5. The summed E-state index contributed by atoms with van der Waals surface area (Å²) in [7, 11) is 0. The highest BCUT2D eigenvalue weighted by molar-refractivity contribution is 9.10. The van der Waals surface area contributed by atoms with Crippen LogP contribution in [0.1, 0.15) is 13.3 Å². The van der Waals surface area contributed by atoms with E-state index in [0.29, 0.717) is 16.7 Å². The summed E-state index contributed by atoms with van der Waals surface area (Å²) < 4.78 is 14.4. The Morgan fingerprint density at radius 1 is 1.59 bits per heavy atom. The molecule has 1 aliphatic rings. The highest BCUT2D eigenvalue weighted by Crippen LogP contribution is 2.26. The standard InChI is InChI=1S/C12H14BrFN2O/c1-2-15-10-5-6-16(12(10)17)11-4-3-8(13)7-9(11)14/h3-4,7,10,15H,2,5-6H2,1H3. The molecule has 0 bridgehead atoms. The number of rotatable bonds is 3. The molecule has 1 fully saturated rings. The average molecular weight is 301 g/mol. The lowest BCUT2D eigenvalue weighted by Crippen LogP contribution is -2.38. The van der Waals surface area contributed by atoms with Crippen LogP contribution in [-0.2, 0) is 4.79 Å². The molecule has 1 aromatic rings. The second kappa shape index (κ2) is 5.14. The van der Waals surface area contributed by atoms with Crippen molar-refractivity contribution in [3.8, 4) is 0 Å². The van der Waals surface area contributed by atoms with Crippen molar-refractivity contribution in [2.45, 2.75) is 19.4 Å². The van der Waals surface area contributed by atoms with Crippen molar-refractivity contribution < 1.29 is 9.18 Å². The predicted molar refractivity (Wildman–Crippen MR) is 68.5 cm³/mol. The molecule has 1 N–H and O–H groups in total. The summed E-state index contributed by atoms with van der Waals surface area (Å²) in [5, 5.41) is 3.10. The smallest absolute Gasteiger partial charge is 0.244 e. The van der Waals surface area contributed by atoms with E-state index >= 15 is 0 Å². The molecule has 1 aliphatic heterocycles. The number of nitrogens with zero attached hydrogens (tertiary/aromatic N) is 1. The average Bonchev–Trinajstić information content (AvgIpc) is 2.62. The Kier molecular flexibility index (Phi) is 3.79. The Labute approximate surface area is 108 Å². The molecule has 1 unspecified atom stereocenters. The maximum Gasteiger partial charge on any atom is 0.244 e. The molecular formula is C12H14BrFN2O. The van der Waals surface area contributed by atoms with E-state index in [1.54, 1.807) is 12.1 Å². The van der Waals surface area contributed by atoms with Crippen molar-refractivity contribution in [1.82, 2.24) is 5.32 Å². The lowest BCUT2D eigenvalue weighted by molar-refractivity contribution is -0.118. The van der Waals surface area contributed by atoms with Gasteiger partial charge in [0.05, 0.1) is 11.7 Å². The molecule has 2 rings (SSSR count). The molecule has 1 atom stereocenters. The molecule has 0 aromatic heterocycles. The van der Waals surface area contributed by atoms with E-state index in [9.17, 15) is 9.18 Å². The number of halogens is 2. The van der Waals surface area contributed by atoms with Gasteiger partial charge in [0.1, 0.15) is 5.82 Å². The number of amides is 1. The topological polar surface area (TPSA) is 32.3 Å². The number of carbonyl (C=O) groups excluding carboxylic acids is 1. The zero-order chi connectivity index (χ0) is 12.4. The minimum absolute atomic E-state index is 0.0481. The number of benzene rings is 1. The first-order chi connectivity index (χ1) is 8.13. The van der Waals surface area contributed by atoms with Crippen molar-refractivity contribution in [3.05, 3.63) is 28.5 Å². The predicted octanol–water partition coefficient (Wildman–Crippen LogP) is 2.30. The van der Waals surface area contributed by atoms with Crippen LogP contribution < -0.4 is 10.2 Å². The summed E-state index contributed by atoms with van der Waals surface area (Å²) in [6.07, 6.45) is 0.724. The first-order valence-corrected chi connectivity index (χ1v) is 6.42. The fraction of sp³-hybridized carbons (Fsp3) is 0.417. The summed E-state index contributed by atoms with van der Waals surface area (Å²) in [6.45, 7) is 3.26. The number of carbonyl (C=O) groups is 1. The molecule has 0 radical (unpaired) electrons. The van der Waals surface area contributed by atoms with Crippen LogP contribution >= 0.6 is 15.9 Å². The Morgan fingerprint density at radius 2 is 2.35 bits per heavy atom. The summed E-state index contributed by atoms with van der Waals surface area (Å²) in [6, 6.07) is 4.57. The third-order valence-corrected chi connectivity index (χ3v) is 3.35. The second-order valence-electron chi connectivity index (χ2n) is 3.98. The van der Waals surface area contributed by atoms with Gasteiger partial charge in [-0.3, -0.25) is 4.79 Å². The van der Waals surface area contributed by atoms with Gasteiger partial charge in [0.25, 0.3) is 0 Å². The first-order valence-electron chi connectivity index (χ1n) is 5.63. The van der Waals surface area contributed by atoms with Crippen LogP contribution in [0.3, 0.4) is 0 Å². The summed E-state index contributed by atoms with van der Waals surface area (Å²) in [5.41, 5.74) is 0.360. The van der Waals surface area contributed by atoms with Gasteiger partial charge in [0.2, 0.25) is 5.91 Å². The summed E-state index contributed by atoms with van der Waals surface area (Å²) >= 11 is 3.20. The lowest BCUT2D eigenvalue weighted by Gasteiger charge is -2.17. The van der Waals surface area contributed by atoms with Crippen LogP contribution in [0.15, 0.2) is 22.7 Å².